The number of aromatic nitrogens is 1. The Morgan fingerprint density at radius 1 is 1.26 bits per heavy atom. The number of carboxylic acids is 1. The Morgan fingerprint density at radius 3 is 2.43 bits per heavy atom. The number of aliphatic carboxylic acids is 1. The Hall–Kier alpha value is -2.83. The molecule has 1 aromatic carbocycles. The van der Waals surface area contributed by atoms with Crippen LogP contribution >= 0.6 is 0 Å². The van der Waals surface area contributed by atoms with Gasteiger partial charge in [0.05, 0.1) is 0 Å². The molecule has 0 aliphatic carbocycles. The fraction of sp³-hybridized carbons (Fsp3) is 0.312. The molecule has 7 nitrogen and oxygen atoms in total. The number of amides is 1. The molecule has 0 aliphatic heterocycles. The normalized spacial score (nSPS) is 12.1. The number of aromatic hydroxyl groups is 1. The summed E-state index contributed by atoms with van der Waals surface area (Å²) in [7, 11) is 0. The summed E-state index contributed by atoms with van der Waals surface area (Å²) in [6.07, 6.45) is 0.0935. The summed E-state index contributed by atoms with van der Waals surface area (Å²) in [5.41, 5.74) is 0.726. The molecule has 0 spiro atoms. The highest BCUT2D eigenvalue weighted by molar-refractivity contribution is 5.95. The fourth-order valence-corrected chi connectivity index (χ4v) is 1.97. The van der Waals surface area contributed by atoms with Crippen LogP contribution in [-0.2, 0) is 11.2 Å². The molecule has 2 aromatic rings. The molecular formula is C16H18N2O5. The van der Waals surface area contributed by atoms with Crippen molar-refractivity contribution in [3.63, 3.8) is 0 Å². The summed E-state index contributed by atoms with van der Waals surface area (Å²) in [4.78, 5) is 23.4. The van der Waals surface area contributed by atoms with Gasteiger partial charge in [0.2, 0.25) is 0 Å². The van der Waals surface area contributed by atoms with Gasteiger partial charge in [0.15, 0.2) is 5.69 Å². The van der Waals surface area contributed by atoms with Crippen molar-refractivity contribution in [2.75, 3.05) is 0 Å². The van der Waals surface area contributed by atoms with Crippen molar-refractivity contribution in [3.05, 3.63) is 47.3 Å². The average Bonchev–Trinajstić information content (AvgIpc) is 2.98. The number of phenols is 1. The smallest absolute Gasteiger partial charge is 0.326 e. The third-order valence-corrected chi connectivity index (χ3v) is 3.31. The van der Waals surface area contributed by atoms with Gasteiger partial charge >= 0.3 is 5.97 Å². The van der Waals surface area contributed by atoms with Gasteiger partial charge in [-0.25, -0.2) is 4.79 Å². The van der Waals surface area contributed by atoms with Gasteiger partial charge in [0, 0.05) is 18.4 Å². The fourth-order valence-electron chi connectivity index (χ4n) is 1.97. The molecule has 1 aromatic heterocycles. The molecule has 1 atom stereocenters. The van der Waals surface area contributed by atoms with E-state index in [4.69, 9.17) is 4.52 Å². The lowest BCUT2D eigenvalue weighted by atomic mass is 10.1. The lowest BCUT2D eigenvalue weighted by Gasteiger charge is -2.13. The van der Waals surface area contributed by atoms with Crippen LogP contribution in [0, 0.1) is 0 Å². The summed E-state index contributed by atoms with van der Waals surface area (Å²) in [6.45, 7) is 3.79. The van der Waals surface area contributed by atoms with E-state index in [1.54, 1.807) is 12.1 Å². The predicted molar refractivity (Wildman–Crippen MR) is 81.3 cm³/mol. The zero-order valence-electron chi connectivity index (χ0n) is 12.8. The monoisotopic (exact) mass is 318 g/mol. The third kappa shape index (κ3) is 4.32. The second-order valence-electron chi connectivity index (χ2n) is 5.50. The average molecular weight is 318 g/mol. The van der Waals surface area contributed by atoms with E-state index in [1.807, 2.05) is 13.8 Å². The van der Waals surface area contributed by atoms with E-state index in [-0.39, 0.29) is 23.8 Å². The van der Waals surface area contributed by atoms with Crippen LogP contribution in [0.2, 0.25) is 0 Å². The number of benzene rings is 1. The summed E-state index contributed by atoms with van der Waals surface area (Å²) >= 11 is 0. The third-order valence-electron chi connectivity index (χ3n) is 3.31. The summed E-state index contributed by atoms with van der Waals surface area (Å²) in [5, 5.41) is 24.6. The van der Waals surface area contributed by atoms with Crippen LogP contribution in [0.4, 0.5) is 0 Å². The number of phenolic OH excluding ortho intramolecular Hbond substituents is 1. The van der Waals surface area contributed by atoms with Crippen molar-refractivity contribution < 1.29 is 24.3 Å². The van der Waals surface area contributed by atoms with Crippen LogP contribution in [-0.4, -0.2) is 33.3 Å². The van der Waals surface area contributed by atoms with Crippen molar-refractivity contribution in [3.8, 4) is 5.75 Å². The standard InChI is InChI=1S/C16H18N2O5/c1-9(2)14-8-12(18-23-14)15(20)17-13(16(21)22)7-10-3-5-11(19)6-4-10/h3-6,8-9,13,19H,7H2,1-2H3,(H,17,20)(H,21,22). The first-order valence-electron chi connectivity index (χ1n) is 7.15. The number of carboxylic acid groups (broad SMARTS) is 1. The Labute approximate surface area is 132 Å². The Bertz CT molecular complexity index is 691. The Kier molecular flexibility index (Phi) is 5.00. The lowest BCUT2D eigenvalue weighted by Crippen LogP contribution is -2.42. The number of rotatable bonds is 6. The van der Waals surface area contributed by atoms with E-state index < -0.39 is 17.9 Å². The SMILES string of the molecule is CC(C)c1cc(C(=O)NC(Cc2ccc(O)cc2)C(=O)O)no1. The molecule has 1 amide bonds. The Morgan fingerprint density at radius 2 is 1.91 bits per heavy atom. The molecule has 0 saturated carbocycles. The highest BCUT2D eigenvalue weighted by atomic mass is 16.5. The lowest BCUT2D eigenvalue weighted by molar-refractivity contribution is -0.139. The van der Waals surface area contributed by atoms with Crippen molar-refractivity contribution >= 4 is 11.9 Å². The van der Waals surface area contributed by atoms with Gasteiger partial charge in [0.25, 0.3) is 5.91 Å². The van der Waals surface area contributed by atoms with Gasteiger partial charge in [-0.1, -0.05) is 31.1 Å². The van der Waals surface area contributed by atoms with Crippen LogP contribution in [0.25, 0.3) is 0 Å². The number of carbonyl (C=O) groups is 2. The molecule has 0 aliphatic rings. The molecule has 1 heterocycles. The first kappa shape index (κ1) is 16.5. The highest BCUT2D eigenvalue weighted by Crippen LogP contribution is 2.15. The molecule has 0 saturated heterocycles. The molecule has 23 heavy (non-hydrogen) atoms. The topological polar surface area (TPSA) is 113 Å². The second kappa shape index (κ2) is 6.95. The van der Waals surface area contributed by atoms with Gasteiger partial charge in [-0.15, -0.1) is 0 Å². The maximum atomic E-state index is 12.1. The van der Waals surface area contributed by atoms with Crippen molar-refractivity contribution in [1.29, 1.82) is 0 Å². The van der Waals surface area contributed by atoms with Crippen LogP contribution in [0.1, 0.15) is 41.6 Å². The quantitative estimate of drug-likeness (QED) is 0.750. The van der Waals surface area contributed by atoms with E-state index in [0.717, 1.165) is 0 Å². The largest absolute Gasteiger partial charge is 0.508 e. The second-order valence-corrected chi connectivity index (χ2v) is 5.50. The highest BCUT2D eigenvalue weighted by Gasteiger charge is 2.23. The summed E-state index contributed by atoms with van der Waals surface area (Å²) in [5.74, 6) is -1.03. The van der Waals surface area contributed by atoms with E-state index in [9.17, 15) is 19.8 Å². The number of hydrogen-bond acceptors (Lipinski definition) is 5. The first-order valence-corrected chi connectivity index (χ1v) is 7.15. The van der Waals surface area contributed by atoms with Gasteiger partial charge in [-0.05, 0) is 17.7 Å². The van der Waals surface area contributed by atoms with Crippen molar-refractivity contribution in [1.82, 2.24) is 10.5 Å². The van der Waals surface area contributed by atoms with Gasteiger partial charge in [-0.2, -0.15) is 0 Å². The minimum Gasteiger partial charge on any atom is -0.508 e. The van der Waals surface area contributed by atoms with Crippen molar-refractivity contribution in [2.24, 2.45) is 0 Å². The zero-order chi connectivity index (χ0) is 17.0. The zero-order valence-corrected chi connectivity index (χ0v) is 12.8. The van der Waals surface area contributed by atoms with E-state index in [2.05, 4.69) is 10.5 Å². The van der Waals surface area contributed by atoms with Crippen LogP contribution in [0.15, 0.2) is 34.9 Å². The molecule has 1 unspecified atom stereocenters. The van der Waals surface area contributed by atoms with E-state index in [0.29, 0.717) is 11.3 Å². The van der Waals surface area contributed by atoms with Crippen LogP contribution in [0.5, 0.6) is 5.75 Å². The number of nitrogens with zero attached hydrogens (tertiary/aromatic N) is 1. The molecule has 122 valence electrons. The molecule has 7 heteroatoms. The molecule has 0 radical (unpaired) electrons. The molecule has 0 bridgehead atoms. The maximum Gasteiger partial charge on any atom is 0.326 e. The van der Waals surface area contributed by atoms with Crippen LogP contribution < -0.4 is 5.32 Å². The van der Waals surface area contributed by atoms with E-state index in [1.165, 1.54) is 18.2 Å². The summed E-state index contributed by atoms with van der Waals surface area (Å²) in [6, 6.07) is 6.52. The number of nitrogens with one attached hydrogen (secondary N) is 1. The van der Waals surface area contributed by atoms with E-state index >= 15 is 0 Å². The first-order chi connectivity index (χ1) is 10.9. The summed E-state index contributed by atoms with van der Waals surface area (Å²) < 4.78 is 5.03. The Balaban J connectivity index is 2.07. The number of hydrogen-bond donors (Lipinski definition) is 3. The van der Waals surface area contributed by atoms with Gasteiger partial charge in [0.1, 0.15) is 17.6 Å². The maximum absolute atomic E-state index is 12.1. The molecule has 2 rings (SSSR count). The van der Waals surface area contributed by atoms with Crippen LogP contribution in [0.3, 0.4) is 0 Å². The predicted octanol–water partition coefficient (Wildman–Crippen LogP) is 1.93. The molecule has 0 fully saturated rings. The molecule has 3 N–H and O–H groups in total. The van der Waals surface area contributed by atoms with Gasteiger partial charge < -0.3 is 20.1 Å². The minimum atomic E-state index is -1.15. The molecular weight excluding hydrogens is 300 g/mol. The van der Waals surface area contributed by atoms with Gasteiger partial charge in [-0.3, -0.25) is 4.79 Å². The van der Waals surface area contributed by atoms with Crippen molar-refractivity contribution in [2.45, 2.75) is 32.2 Å². The minimum absolute atomic E-state index is 0.0469. The number of carbonyl (C=O) groups excluding carboxylic acids is 1.